The van der Waals surface area contributed by atoms with E-state index in [0.717, 1.165) is 43.6 Å². The van der Waals surface area contributed by atoms with Crippen molar-refractivity contribution in [2.75, 3.05) is 13.1 Å². The van der Waals surface area contributed by atoms with Crippen molar-refractivity contribution in [1.29, 1.82) is 0 Å². The predicted octanol–water partition coefficient (Wildman–Crippen LogP) is 3.62. The molecule has 2 rings (SSSR count). The zero-order valence-electron chi connectivity index (χ0n) is 14.5. The number of halogens is 1. The first-order chi connectivity index (χ1) is 10.7. The lowest BCUT2D eigenvalue weighted by Gasteiger charge is -2.33. The zero-order valence-corrected chi connectivity index (χ0v) is 14.5. The molecule has 0 aromatic heterocycles. The van der Waals surface area contributed by atoms with E-state index in [1.54, 1.807) is 6.07 Å². The van der Waals surface area contributed by atoms with Crippen LogP contribution in [0.1, 0.15) is 44.7 Å². The van der Waals surface area contributed by atoms with Crippen LogP contribution in [0.15, 0.2) is 18.2 Å². The van der Waals surface area contributed by atoms with Crippen LogP contribution in [0.2, 0.25) is 0 Å². The Kier molecular flexibility index (Phi) is 5.63. The fourth-order valence-corrected chi connectivity index (χ4v) is 2.77. The second-order valence-electron chi connectivity index (χ2n) is 7.22. The van der Waals surface area contributed by atoms with Gasteiger partial charge in [0.05, 0.1) is 0 Å². The number of likely N-dealkylation sites (tertiary alicyclic amines) is 1. The first-order valence-corrected chi connectivity index (χ1v) is 8.20. The monoisotopic (exact) mass is 322 g/mol. The van der Waals surface area contributed by atoms with Gasteiger partial charge in [-0.1, -0.05) is 12.1 Å². The molecule has 23 heavy (non-hydrogen) atoms. The zero-order chi connectivity index (χ0) is 17.0. The third kappa shape index (κ3) is 5.50. The second kappa shape index (κ2) is 7.30. The Labute approximate surface area is 138 Å². The molecule has 1 fully saturated rings. The molecule has 1 aromatic carbocycles. The smallest absolute Gasteiger partial charge is 0.407 e. The summed E-state index contributed by atoms with van der Waals surface area (Å²) in [5, 5.41) is 2.93. The number of benzene rings is 1. The van der Waals surface area contributed by atoms with Gasteiger partial charge in [-0.05, 0) is 57.7 Å². The highest BCUT2D eigenvalue weighted by Gasteiger charge is 2.23. The number of rotatable bonds is 3. The number of carbonyl (C=O) groups is 1. The van der Waals surface area contributed by atoms with Crippen LogP contribution in [0.25, 0.3) is 0 Å². The highest BCUT2D eigenvalue weighted by Crippen LogP contribution is 2.18. The third-order valence-corrected chi connectivity index (χ3v) is 4.08. The van der Waals surface area contributed by atoms with Gasteiger partial charge in [0.15, 0.2) is 0 Å². The van der Waals surface area contributed by atoms with Crippen molar-refractivity contribution < 1.29 is 13.9 Å². The number of piperidine rings is 1. The standard InChI is InChI=1S/C18H27FN2O2/c1-13-14(6-5-7-16(13)19)12-21-10-8-15(9-11-21)20-17(22)23-18(2,3)4/h5-7,15H,8-12H2,1-4H3,(H,20,22). The van der Waals surface area contributed by atoms with E-state index in [-0.39, 0.29) is 18.0 Å². The van der Waals surface area contributed by atoms with E-state index in [2.05, 4.69) is 10.2 Å². The van der Waals surface area contributed by atoms with E-state index in [4.69, 9.17) is 4.74 Å². The summed E-state index contributed by atoms with van der Waals surface area (Å²) >= 11 is 0. The summed E-state index contributed by atoms with van der Waals surface area (Å²) in [5.74, 6) is -0.149. The average Bonchev–Trinajstić information content (AvgIpc) is 2.44. The molecular formula is C18H27FN2O2. The highest BCUT2D eigenvalue weighted by atomic mass is 19.1. The number of carbonyl (C=O) groups excluding carboxylic acids is 1. The number of amides is 1. The van der Waals surface area contributed by atoms with Crippen molar-refractivity contribution in [2.45, 2.75) is 58.7 Å². The van der Waals surface area contributed by atoms with Crippen molar-refractivity contribution >= 4 is 6.09 Å². The summed E-state index contributed by atoms with van der Waals surface area (Å²) < 4.78 is 18.9. The highest BCUT2D eigenvalue weighted by molar-refractivity contribution is 5.68. The normalized spacial score (nSPS) is 17.1. The molecule has 0 aliphatic carbocycles. The van der Waals surface area contributed by atoms with Gasteiger partial charge in [-0.3, -0.25) is 4.90 Å². The van der Waals surface area contributed by atoms with Crippen LogP contribution in [0.3, 0.4) is 0 Å². The molecule has 0 bridgehead atoms. The van der Waals surface area contributed by atoms with E-state index < -0.39 is 5.60 Å². The second-order valence-corrected chi connectivity index (χ2v) is 7.22. The fraction of sp³-hybridized carbons (Fsp3) is 0.611. The molecule has 1 N–H and O–H groups in total. The Bertz CT molecular complexity index is 546. The number of nitrogens with zero attached hydrogens (tertiary/aromatic N) is 1. The molecule has 128 valence electrons. The summed E-state index contributed by atoms with van der Waals surface area (Å²) in [6.07, 6.45) is 1.42. The van der Waals surface area contributed by atoms with Crippen molar-refractivity contribution in [1.82, 2.24) is 10.2 Å². The third-order valence-electron chi connectivity index (χ3n) is 4.08. The van der Waals surface area contributed by atoms with Crippen molar-refractivity contribution in [2.24, 2.45) is 0 Å². The number of nitrogens with one attached hydrogen (secondary N) is 1. The lowest BCUT2D eigenvalue weighted by atomic mass is 10.0. The molecule has 0 saturated carbocycles. The van der Waals surface area contributed by atoms with Gasteiger partial charge < -0.3 is 10.1 Å². The van der Waals surface area contributed by atoms with Gasteiger partial charge in [-0.25, -0.2) is 9.18 Å². The summed E-state index contributed by atoms with van der Waals surface area (Å²) in [6.45, 7) is 9.92. The van der Waals surface area contributed by atoms with E-state index in [0.29, 0.717) is 0 Å². The quantitative estimate of drug-likeness (QED) is 0.924. The lowest BCUT2D eigenvalue weighted by Crippen LogP contribution is -2.45. The van der Waals surface area contributed by atoms with Crippen molar-refractivity contribution in [3.8, 4) is 0 Å². The molecule has 0 radical (unpaired) electrons. The van der Waals surface area contributed by atoms with Crippen molar-refractivity contribution in [3.05, 3.63) is 35.1 Å². The molecule has 0 atom stereocenters. The van der Waals surface area contributed by atoms with Crippen LogP contribution in [0.4, 0.5) is 9.18 Å². The summed E-state index contributed by atoms with van der Waals surface area (Å²) in [6, 6.07) is 5.38. The van der Waals surface area contributed by atoms with Gasteiger partial charge in [0.1, 0.15) is 11.4 Å². The molecular weight excluding hydrogens is 295 g/mol. The topological polar surface area (TPSA) is 41.6 Å². The summed E-state index contributed by atoms with van der Waals surface area (Å²) in [4.78, 5) is 14.1. The molecule has 1 heterocycles. The largest absolute Gasteiger partial charge is 0.444 e. The van der Waals surface area contributed by atoms with Gasteiger partial charge in [-0.15, -0.1) is 0 Å². The van der Waals surface area contributed by atoms with Crippen molar-refractivity contribution in [3.63, 3.8) is 0 Å². The van der Waals surface area contributed by atoms with Gasteiger partial charge >= 0.3 is 6.09 Å². The molecule has 1 saturated heterocycles. The van der Waals surface area contributed by atoms with Crippen LogP contribution < -0.4 is 5.32 Å². The predicted molar refractivity (Wildman–Crippen MR) is 88.8 cm³/mol. The Hall–Kier alpha value is -1.62. The molecule has 0 spiro atoms. The van der Waals surface area contributed by atoms with Gasteiger partial charge in [0.2, 0.25) is 0 Å². The number of alkyl carbamates (subject to hydrolysis) is 1. The first-order valence-electron chi connectivity index (χ1n) is 8.20. The number of hydrogen-bond donors (Lipinski definition) is 1. The maximum absolute atomic E-state index is 13.6. The Balaban J connectivity index is 1.80. The Morgan fingerprint density at radius 2 is 2.00 bits per heavy atom. The van der Waals surface area contributed by atoms with E-state index in [1.165, 1.54) is 6.07 Å². The Morgan fingerprint density at radius 3 is 2.61 bits per heavy atom. The van der Waals surface area contributed by atoms with Crippen LogP contribution >= 0.6 is 0 Å². The van der Waals surface area contributed by atoms with E-state index in [1.807, 2.05) is 33.8 Å². The lowest BCUT2D eigenvalue weighted by molar-refractivity contribution is 0.0477. The van der Waals surface area contributed by atoms with Crippen LogP contribution in [0, 0.1) is 12.7 Å². The summed E-state index contributed by atoms with van der Waals surface area (Å²) in [5.41, 5.74) is 1.28. The fourth-order valence-electron chi connectivity index (χ4n) is 2.77. The van der Waals surface area contributed by atoms with Crippen LogP contribution in [-0.2, 0) is 11.3 Å². The average molecular weight is 322 g/mol. The number of hydrogen-bond acceptors (Lipinski definition) is 3. The molecule has 1 aliphatic heterocycles. The molecule has 0 unspecified atom stereocenters. The van der Waals surface area contributed by atoms with E-state index in [9.17, 15) is 9.18 Å². The minimum Gasteiger partial charge on any atom is -0.444 e. The van der Waals surface area contributed by atoms with E-state index >= 15 is 0 Å². The van der Waals surface area contributed by atoms with Gasteiger partial charge in [0.25, 0.3) is 0 Å². The minimum absolute atomic E-state index is 0.148. The Morgan fingerprint density at radius 1 is 1.35 bits per heavy atom. The first kappa shape index (κ1) is 17.7. The maximum atomic E-state index is 13.6. The molecule has 1 aliphatic rings. The molecule has 1 amide bonds. The van der Waals surface area contributed by atoms with Crippen LogP contribution in [-0.4, -0.2) is 35.7 Å². The molecule has 1 aromatic rings. The number of ether oxygens (including phenoxy) is 1. The van der Waals surface area contributed by atoms with Gasteiger partial charge in [0, 0.05) is 25.7 Å². The SMILES string of the molecule is Cc1c(F)cccc1CN1CCC(NC(=O)OC(C)(C)C)CC1. The molecule has 4 nitrogen and oxygen atoms in total. The van der Waals surface area contributed by atoms with Gasteiger partial charge in [-0.2, -0.15) is 0 Å². The maximum Gasteiger partial charge on any atom is 0.407 e. The molecule has 5 heteroatoms. The summed E-state index contributed by atoms with van der Waals surface area (Å²) in [7, 11) is 0. The van der Waals surface area contributed by atoms with Crippen LogP contribution in [0.5, 0.6) is 0 Å². The minimum atomic E-state index is -0.473.